The molecule has 0 N–H and O–H groups in total. The number of hydrogen-bond acceptors (Lipinski definition) is 3. The average molecular weight is 222 g/mol. The summed E-state index contributed by atoms with van der Waals surface area (Å²) in [6.45, 7) is 7.55. The highest BCUT2D eigenvalue weighted by Gasteiger charge is 2.76. The van der Waals surface area contributed by atoms with Gasteiger partial charge in [0.15, 0.2) is 5.78 Å². The highest BCUT2D eigenvalue weighted by atomic mass is 16.5. The van der Waals surface area contributed by atoms with Gasteiger partial charge in [0.25, 0.3) is 0 Å². The third-order valence-electron chi connectivity index (χ3n) is 4.28. The minimum absolute atomic E-state index is 0.0192. The summed E-state index contributed by atoms with van der Waals surface area (Å²) >= 11 is 0. The molecule has 0 radical (unpaired) electrons. The molecular weight excluding hydrogens is 204 g/mol. The van der Waals surface area contributed by atoms with Crippen LogP contribution in [0.15, 0.2) is 12.7 Å². The summed E-state index contributed by atoms with van der Waals surface area (Å²) in [5.74, 6) is -0.236. The monoisotopic (exact) mass is 222 g/mol. The fraction of sp³-hybridized carbons (Fsp3) is 0.692. The Morgan fingerprint density at radius 1 is 1.56 bits per heavy atom. The summed E-state index contributed by atoms with van der Waals surface area (Å²) < 4.78 is 4.82. The quantitative estimate of drug-likeness (QED) is 0.407. The van der Waals surface area contributed by atoms with Gasteiger partial charge in [-0.15, -0.1) is 6.58 Å². The highest BCUT2D eigenvalue weighted by Crippen LogP contribution is 2.68. The van der Waals surface area contributed by atoms with E-state index in [1.165, 1.54) is 7.11 Å². The van der Waals surface area contributed by atoms with Crippen molar-refractivity contribution in [2.75, 3.05) is 7.11 Å². The number of methoxy groups -OCH3 is 1. The lowest BCUT2D eigenvalue weighted by Gasteiger charge is -2.32. The summed E-state index contributed by atoms with van der Waals surface area (Å²) in [7, 11) is 1.35. The molecule has 0 spiro atoms. The van der Waals surface area contributed by atoms with Gasteiger partial charge in [-0.25, -0.2) is 0 Å². The summed E-state index contributed by atoms with van der Waals surface area (Å²) in [5, 5.41) is 0. The standard InChI is InChI=1S/C13H18O3/c1-5-8-9-6-7-12(2,3)10(14)13(8,9)11(15)16-4/h5,8-9H,1,6-7H2,2-4H3/t8-,9-,13-/m0/s1. The Labute approximate surface area is 95.9 Å². The molecule has 3 nitrogen and oxygen atoms in total. The number of Topliss-reactive ketones (excluding diaryl/α,β-unsaturated/α-hetero) is 1. The third kappa shape index (κ3) is 1.09. The number of esters is 1. The number of carbonyl (C=O) groups is 2. The molecule has 0 unspecified atom stereocenters. The Hall–Kier alpha value is -1.12. The lowest BCUT2D eigenvalue weighted by atomic mass is 9.70. The van der Waals surface area contributed by atoms with Crippen LogP contribution in [0, 0.1) is 22.7 Å². The molecule has 0 heterocycles. The van der Waals surface area contributed by atoms with Crippen LogP contribution in [0.2, 0.25) is 0 Å². The van der Waals surface area contributed by atoms with Gasteiger partial charge in [-0.05, 0) is 18.8 Å². The first-order chi connectivity index (χ1) is 7.42. The van der Waals surface area contributed by atoms with Gasteiger partial charge in [-0.1, -0.05) is 19.9 Å². The molecule has 2 saturated carbocycles. The largest absolute Gasteiger partial charge is 0.468 e. The Morgan fingerprint density at radius 3 is 2.69 bits per heavy atom. The van der Waals surface area contributed by atoms with E-state index < -0.39 is 10.8 Å². The van der Waals surface area contributed by atoms with Crippen LogP contribution in [0.4, 0.5) is 0 Å². The van der Waals surface area contributed by atoms with Crippen molar-refractivity contribution >= 4 is 11.8 Å². The average Bonchev–Trinajstić information content (AvgIpc) is 2.92. The van der Waals surface area contributed by atoms with Crippen LogP contribution in [-0.4, -0.2) is 18.9 Å². The number of fused-ring (bicyclic) bond motifs is 1. The molecule has 2 rings (SSSR count). The molecule has 0 saturated heterocycles. The molecule has 2 aliphatic rings. The third-order valence-corrected chi connectivity index (χ3v) is 4.28. The van der Waals surface area contributed by atoms with Crippen molar-refractivity contribution in [3.8, 4) is 0 Å². The molecule has 0 aromatic heterocycles. The number of hydrogen-bond donors (Lipinski definition) is 0. The molecule has 3 heteroatoms. The van der Waals surface area contributed by atoms with Crippen LogP contribution in [0.1, 0.15) is 26.7 Å². The van der Waals surface area contributed by atoms with Crippen LogP contribution in [0.25, 0.3) is 0 Å². The van der Waals surface area contributed by atoms with Crippen molar-refractivity contribution in [3.63, 3.8) is 0 Å². The zero-order valence-corrected chi connectivity index (χ0v) is 10.1. The van der Waals surface area contributed by atoms with Crippen molar-refractivity contribution < 1.29 is 14.3 Å². The van der Waals surface area contributed by atoms with Gasteiger partial charge in [0.1, 0.15) is 5.41 Å². The second kappa shape index (κ2) is 3.19. The summed E-state index contributed by atoms with van der Waals surface area (Å²) in [5.41, 5.74) is -1.32. The second-order valence-electron chi connectivity index (χ2n) is 5.48. The maximum atomic E-state index is 12.4. The number of ether oxygens (including phenoxy) is 1. The van der Waals surface area contributed by atoms with E-state index in [1.807, 2.05) is 13.8 Å². The van der Waals surface area contributed by atoms with Crippen LogP contribution in [-0.2, 0) is 14.3 Å². The molecule has 16 heavy (non-hydrogen) atoms. The van der Waals surface area contributed by atoms with E-state index in [-0.39, 0.29) is 23.6 Å². The molecule has 2 aliphatic carbocycles. The summed E-state index contributed by atoms with van der Waals surface area (Å²) in [6, 6.07) is 0. The maximum Gasteiger partial charge on any atom is 0.320 e. The van der Waals surface area contributed by atoms with Crippen molar-refractivity contribution in [1.29, 1.82) is 0 Å². The first-order valence-corrected chi connectivity index (χ1v) is 5.68. The lowest BCUT2D eigenvalue weighted by Crippen LogP contribution is -2.42. The second-order valence-corrected chi connectivity index (χ2v) is 5.48. The molecule has 0 amide bonds. The molecule has 88 valence electrons. The number of allylic oxidation sites excluding steroid dienone is 1. The van der Waals surface area contributed by atoms with E-state index in [0.717, 1.165) is 12.8 Å². The molecule has 0 aliphatic heterocycles. The van der Waals surface area contributed by atoms with Gasteiger partial charge in [-0.2, -0.15) is 0 Å². The first-order valence-electron chi connectivity index (χ1n) is 5.68. The van der Waals surface area contributed by atoms with Crippen LogP contribution >= 0.6 is 0 Å². The van der Waals surface area contributed by atoms with Gasteiger partial charge in [-0.3, -0.25) is 9.59 Å². The van der Waals surface area contributed by atoms with Gasteiger partial charge >= 0.3 is 5.97 Å². The Kier molecular flexibility index (Phi) is 2.26. The van der Waals surface area contributed by atoms with Gasteiger partial charge < -0.3 is 4.74 Å². The minimum Gasteiger partial charge on any atom is -0.468 e. The Morgan fingerprint density at radius 2 is 2.19 bits per heavy atom. The zero-order valence-electron chi connectivity index (χ0n) is 10.1. The SMILES string of the molecule is C=C[C@H]1[C@@H]2CCC(C)(C)C(=O)[C@]12C(=O)OC. The molecule has 3 atom stereocenters. The first kappa shape index (κ1) is 11.4. The fourth-order valence-corrected chi connectivity index (χ4v) is 3.31. The molecule has 0 bridgehead atoms. The maximum absolute atomic E-state index is 12.4. The number of carbonyl (C=O) groups excluding carboxylic acids is 2. The van der Waals surface area contributed by atoms with Crippen LogP contribution in [0.5, 0.6) is 0 Å². The topological polar surface area (TPSA) is 43.4 Å². The normalized spacial score (nSPS) is 39.8. The fourth-order valence-electron chi connectivity index (χ4n) is 3.31. The minimum atomic E-state index is -0.905. The van der Waals surface area contributed by atoms with E-state index in [0.29, 0.717) is 0 Å². The predicted molar refractivity (Wildman–Crippen MR) is 59.6 cm³/mol. The summed E-state index contributed by atoms with van der Waals surface area (Å²) in [6.07, 6.45) is 3.49. The number of rotatable bonds is 2. The number of ketones is 1. The van der Waals surface area contributed by atoms with E-state index >= 15 is 0 Å². The van der Waals surface area contributed by atoms with Gasteiger partial charge in [0.05, 0.1) is 7.11 Å². The van der Waals surface area contributed by atoms with Crippen LogP contribution in [0.3, 0.4) is 0 Å². The Balaban J connectivity index is 2.43. The van der Waals surface area contributed by atoms with Crippen molar-refractivity contribution in [2.45, 2.75) is 26.7 Å². The lowest BCUT2D eigenvalue weighted by molar-refractivity contribution is -0.157. The predicted octanol–water partition coefficient (Wildman–Crippen LogP) is 1.97. The van der Waals surface area contributed by atoms with E-state index in [4.69, 9.17) is 4.74 Å². The highest BCUT2D eigenvalue weighted by molar-refractivity contribution is 6.11. The Bertz CT molecular complexity index is 369. The molecule has 0 aromatic rings. The summed E-state index contributed by atoms with van der Waals surface area (Å²) in [4.78, 5) is 24.3. The van der Waals surface area contributed by atoms with Gasteiger partial charge in [0.2, 0.25) is 0 Å². The molecular formula is C13H18O3. The van der Waals surface area contributed by atoms with Crippen molar-refractivity contribution in [1.82, 2.24) is 0 Å². The zero-order chi connectivity index (χ0) is 12.1. The van der Waals surface area contributed by atoms with Gasteiger partial charge in [0, 0.05) is 11.3 Å². The van der Waals surface area contributed by atoms with Crippen molar-refractivity contribution in [3.05, 3.63) is 12.7 Å². The smallest absolute Gasteiger partial charge is 0.320 e. The van der Waals surface area contributed by atoms with E-state index in [1.54, 1.807) is 6.08 Å². The van der Waals surface area contributed by atoms with E-state index in [2.05, 4.69) is 6.58 Å². The van der Waals surface area contributed by atoms with Crippen LogP contribution < -0.4 is 0 Å². The van der Waals surface area contributed by atoms with Crippen molar-refractivity contribution in [2.24, 2.45) is 22.7 Å². The molecule has 2 fully saturated rings. The molecule has 0 aromatic carbocycles. The van der Waals surface area contributed by atoms with E-state index in [9.17, 15) is 9.59 Å².